The van der Waals surface area contributed by atoms with Gasteiger partial charge in [0.2, 0.25) is 0 Å². The van der Waals surface area contributed by atoms with Gasteiger partial charge in [0.1, 0.15) is 25.0 Å². The lowest BCUT2D eigenvalue weighted by atomic mass is 10.0. The summed E-state index contributed by atoms with van der Waals surface area (Å²) in [5.74, 6) is -0.585. The summed E-state index contributed by atoms with van der Waals surface area (Å²) in [6, 6.07) is 1.20. The highest BCUT2D eigenvalue weighted by Gasteiger charge is 2.49. The Balaban J connectivity index is 1.66. The first-order valence-corrected chi connectivity index (χ1v) is 7.64. The van der Waals surface area contributed by atoms with E-state index in [0.717, 1.165) is 0 Å². The van der Waals surface area contributed by atoms with Gasteiger partial charge >= 0.3 is 11.9 Å². The van der Waals surface area contributed by atoms with E-state index in [0.29, 0.717) is 18.6 Å². The second-order valence-electron chi connectivity index (χ2n) is 5.98. The molecule has 0 bridgehead atoms. The number of carbonyl (C=O) groups excluding carboxylic acids is 1. The van der Waals surface area contributed by atoms with Gasteiger partial charge in [0.25, 0.3) is 0 Å². The zero-order valence-electron chi connectivity index (χ0n) is 12.6. The maximum Gasteiger partial charge on any atom is 0.434 e. The molecule has 0 amide bonds. The normalized spacial score (nSPS) is 27.8. The third kappa shape index (κ3) is 3.11. The van der Waals surface area contributed by atoms with Crippen LogP contribution in [-0.4, -0.2) is 50.1 Å². The van der Waals surface area contributed by atoms with E-state index < -0.39 is 11.0 Å². The molecule has 0 radical (unpaired) electrons. The molecule has 1 saturated carbocycles. The third-order valence-corrected chi connectivity index (χ3v) is 4.46. The van der Waals surface area contributed by atoms with Gasteiger partial charge in [-0.15, -0.1) is 0 Å². The molecule has 0 spiro atoms. The van der Waals surface area contributed by atoms with Crippen molar-refractivity contribution in [3.8, 4) is 0 Å². The first-order valence-electron chi connectivity index (χ1n) is 7.64. The Hall–Kier alpha value is -1.96. The van der Waals surface area contributed by atoms with Crippen LogP contribution >= 0.6 is 0 Å². The van der Waals surface area contributed by atoms with Crippen LogP contribution in [0.3, 0.4) is 0 Å². The van der Waals surface area contributed by atoms with E-state index in [9.17, 15) is 14.9 Å². The summed E-state index contributed by atoms with van der Waals surface area (Å²) in [5, 5.41) is 10.9. The number of likely N-dealkylation sites (tertiary alicyclic amines) is 1. The Labute approximate surface area is 128 Å². The maximum atomic E-state index is 11.3. The number of hydrogen-bond donors (Lipinski definition) is 0. The summed E-state index contributed by atoms with van der Waals surface area (Å²) in [4.78, 5) is 27.8. The highest BCUT2D eigenvalue weighted by molar-refractivity contribution is 5.66. The molecule has 1 aliphatic heterocycles. The number of ether oxygens (including phenoxy) is 1. The molecule has 0 N–H and O–H groups in total. The number of nitro groups is 1. The van der Waals surface area contributed by atoms with Crippen molar-refractivity contribution in [2.24, 2.45) is 0 Å². The number of nitrogens with zero attached hydrogens (tertiary/aromatic N) is 4. The number of rotatable bonds is 6. The van der Waals surface area contributed by atoms with Crippen LogP contribution in [0, 0.1) is 10.1 Å². The Morgan fingerprint density at radius 1 is 1.45 bits per heavy atom. The summed E-state index contributed by atoms with van der Waals surface area (Å²) in [6.45, 7) is 2.25. The van der Waals surface area contributed by atoms with E-state index >= 15 is 0 Å². The van der Waals surface area contributed by atoms with Gasteiger partial charge in [-0.3, -0.25) is 9.69 Å². The van der Waals surface area contributed by atoms with E-state index in [2.05, 4.69) is 9.88 Å². The standard InChI is InChI=1S/C14H20N4O4/c1-10(19)22-11(8-16-7-6-15-14(16)18(20)21)9-17-12-4-2-3-5-13(12)17/h6-7,11-13H,2-5,8-9H2,1H3. The molecule has 1 aromatic rings. The van der Waals surface area contributed by atoms with Crippen LogP contribution in [0.5, 0.6) is 0 Å². The minimum absolute atomic E-state index is 0.222. The van der Waals surface area contributed by atoms with Gasteiger partial charge in [0, 0.05) is 25.6 Å². The van der Waals surface area contributed by atoms with Crippen LogP contribution in [0.1, 0.15) is 32.6 Å². The number of aromatic nitrogens is 2. The molecule has 0 aromatic carbocycles. The van der Waals surface area contributed by atoms with Crippen molar-refractivity contribution in [2.45, 2.75) is 57.3 Å². The average Bonchev–Trinajstić information content (AvgIpc) is 2.93. The summed E-state index contributed by atoms with van der Waals surface area (Å²) < 4.78 is 6.79. The Kier molecular flexibility index (Phi) is 4.10. The SMILES string of the molecule is CC(=O)OC(CN1C2CCCCC21)Cn1ccnc1[N+](=O)[O-]. The van der Waals surface area contributed by atoms with Crippen molar-refractivity contribution < 1.29 is 14.5 Å². The van der Waals surface area contributed by atoms with Crippen LogP contribution in [0.4, 0.5) is 5.95 Å². The van der Waals surface area contributed by atoms with E-state index in [1.54, 1.807) is 6.20 Å². The van der Waals surface area contributed by atoms with Crippen LogP contribution in [-0.2, 0) is 16.1 Å². The molecule has 3 atom stereocenters. The maximum absolute atomic E-state index is 11.3. The molecule has 2 fully saturated rings. The van der Waals surface area contributed by atoms with Gasteiger partial charge in [-0.1, -0.05) is 17.8 Å². The lowest BCUT2D eigenvalue weighted by molar-refractivity contribution is -0.397. The van der Waals surface area contributed by atoms with Crippen LogP contribution in [0.2, 0.25) is 0 Å². The number of fused-ring (bicyclic) bond motifs is 1. The fraction of sp³-hybridized carbons (Fsp3) is 0.714. The van der Waals surface area contributed by atoms with Crippen molar-refractivity contribution in [1.82, 2.24) is 14.5 Å². The van der Waals surface area contributed by atoms with Gasteiger partial charge in [0.05, 0.1) is 0 Å². The largest absolute Gasteiger partial charge is 0.458 e. The molecule has 3 rings (SSSR count). The molecule has 1 aromatic heterocycles. The van der Waals surface area contributed by atoms with Gasteiger partial charge in [-0.25, -0.2) is 4.57 Å². The summed E-state index contributed by atoms with van der Waals surface area (Å²) in [7, 11) is 0. The average molecular weight is 308 g/mol. The van der Waals surface area contributed by atoms with E-state index in [1.807, 2.05) is 0 Å². The summed E-state index contributed by atoms with van der Waals surface area (Å²) in [5.41, 5.74) is 0. The summed E-state index contributed by atoms with van der Waals surface area (Å²) >= 11 is 0. The molecule has 3 unspecified atom stereocenters. The zero-order valence-corrected chi connectivity index (χ0v) is 12.6. The van der Waals surface area contributed by atoms with Crippen molar-refractivity contribution in [3.05, 3.63) is 22.5 Å². The molecule has 2 aliphatic rings. The molecule has 1 aliphatic carbocycles. The van der Waals surface area contributed by atoms with Crippen molar-refractivity contribution in [1.29, 1.82) is 0 Å². The second kappa shape index (κ2) is 6.04. The van der Waals surface area contributed by atoms with Crippen LogP contribution in [0.15, 0.2) is 12.4 Å². The Bertz CT molecular complexity index is 561. The van der Waals surface area contributed by atoms with E-state index in [1.165, 1.54) is 43.4 Å². The van der Waals surface area contributed by atoms with Crippen LogP contribution in [0.25, 0.3) is 0 Å². The quantitative estimate of drug-likeness (QED) is 0.341. The molecular formula is C14H20N4O4. The lowest BCUT2D eigenvalue weighted by Gasteiger charge is -2.17. The van der Waals surface area contributed by atoms with Crippen LogP contribution < -0.4 is 0 Å². The van der Waals surface area contributed by atoms with Gasteiger partial charge in [-0.05, 0) is 17.8 Å². The third-order valence-electron chi connectivity index (χ3n) is 4.46. The first-order chi connectivity index (χ1) is 10.6. The Morgan fingerprint density at radius 3 is 2.73 bits per heavy atom. The minimum Gasteiger partial charge on any atom is -0.458 e. The predicted molar refractivity (Wildman–Crippen MR) is 77.2 cm³/mol. The highest BCUT2D eigenvalue weighted by atomic mass is 16.6. The van der Waals surface area contributed by atoms with E-state index in [-0.39, 0.29) is 18.5 Å². The van der Waals surface area contributed by atoms with Gasteiger partial charge in [0.15, 0.2) is 0 Å². The minimum atomic E-state index is -0.526. The fourth-order valence-corrected chi connectivity index (χ4v) is 3.52. The second-order valence-corrected chi connectivity index (χ2v) is 5.98. The smallest absolute Gasteiger partial charge is 0.434 e. The van der Waals surface area contributed by atoms with Crippen molar-refractivity contribution in [2.75, 3.05) is 6.54 Å². The first kappa shape index (κ1) is 15.0. The van der Waals surface area contributed by atoms with Crippen molar-refractivity contribution in [3.63, 3.8) is 0 Å². The topological polar surface area (TPSA) is 90.3 Å². The predicted octanol–water partition coefficient (Wildman–Crippen LogP) is 1.35. The molecule has 8 heteroatoms. The Morgan fingerprint density at radius 2 is 2.14 bits per heavy atom. The monoisotopic (exact) mass is 308 g/mol. The molecule has 120 valence electrons. The fourth-order valence-electron chi connectivity index (χ4n) is 3.52. The zero-order chi connectivity index (χ0) is 15.7. The number of esters is 1. The number of imidazole rings is 1. The lowest BCUT2D eigenvalue weighted by Crippen LogP contribution is -2.31. The molecule has 8 nitrogen and oxygen atoms in total. The molecular weight excluding hydrogens is 288 g/mol. The molecule has 2 heterocycles. The van der Waals surface area contributed by atoms with Crippen molar-refractivity contribution >= 4 is 11.9 Å². The number of carbonyl (C=O) groups is 1. The number of hydrogen-bond acceptors (Lipinski definition) is 6. The van der Waals surface area contributed by atoms with Gasteiger partial charge in [-0.2, -0.15) is 0 Å². The summed E-state index contributed by atoms with van der Waals surface area (Å²) in [6.07, 6.45) is 7.44. The molecule has 1 saturated heterocycles. The van der Waals surface area contributed by atoms with E-state index in [4.69, 9.17) is 4.74 Å². The highest BCUT2D eigenvalue weighted by Crippen LogP contribution is 2.40. The molecule has 22 heavy (non-hydrogen) atoms. The van der Waals surface area contributed by atoms with Gasteiger partial charge < -0.3 is 14.9 Å².